The lowest BCUT2D eigenvalue weighted by Crippen LogP contribution is -2.39. The zero-order valence-electron chi connectivity index (χ0n) is 14.0. The summed E-state index contributed by atoms with van der Waals surface area (Å²) in [4.78, 5) is 6.55. The number of nitrogens with one attached hydrogen (secondary N) is 1. The van der Waals surface area contributed by atoms with Gasteiger partial charge in [-0.15, -0.1) is 24.0 Å². The van der Waals surface area contributed by atoms with E-state index in [0.717, 1.165) is 25.5 Å². The Bertz CT molecular complexity index is 505. The molecule has 0 saturated carbocycles. The van der Waals surface area contributed by atoms with Crippen molar-refractivity contribution in [3.8, 4) is 0 Å². The van der Waals surface area contributed by atoms with Crippen molar-refractivity contribution >= 4 is 29.9 Å². The second-order valence-electron chi connectivity index (χ2n) is 5.80. The number of aromatic nitrogens is 1. The number of hydrogen-bond acceptors (Lipinski definition) is 1. The van der Waals surface area contributed by atoms with Crippen molar-refractivity contribution in [3.63, 3.8) is 0 Å². The van der Waals surface area contributed by atoms with Crippen molar-refractivity contribution in [1.82, 2.24) is 14.8 Å². The lowest BCUT2D eigenvalue weighted by Gasteiger charge is -2.23. The minimum absolute atomic E-state index is 0. The number of aliphatic imine (C=N–C) groups is 1. The van der Waals surface area contributed by atoms with Crippen LogP contribution in [0.1, 0.15) is 37.8 Å². The molecule has 0 atom stereocenters. The Morgan fingerprint density at radius 1 is 1.41 bits per heavy atom. The molecule has 124 valence electrons. The molecule has 0 unspecified atom stereocenters. The molecule has 2 rings (SSSR count). The molecule has 1 aromatic rings. The van der Waals surface area contributed by atoms with Gasteiger partial charge in [-0.2, -0.15) is 0 Å². The standard InChI is InChI=1S/C17H28N4.HI/c1-18-17(19-12-11-15-8-5-4-6-9-15)21(3)14-16-10-7-13-20(16)2;/h7-8,10,13H,4-6,9,11-12,14H2,1-3H3,(H,18,19);1H. The van der Waals surface area contributed by atoms with Gasteiger partial charge in [0.25, 0.3) is 0 Å². The van der Waals surface area contributed by atoms with E-state index in [1.54, 1.807) is 5.57 Å². The fourth-order valence-corrected chi connectivity index (χ4v) is 2.83. The van der Waals surface area contributed by atoms with Crippen LogP contribution in [0.5, 0.6) is 0 Å². The summed E-state index contributed by atoms with van der Waals surface area (Å²) in [7, 11) is 6.01. The Morgan fingerprint density at radius 2 is 2.23 bits per heavy atom. The summed E-state index contributed by atoms with van der Waals surface area (Å²) in [5.74, 6) is 0.965. The van der Waals surface area contributed by atoms with Gasteiger partial charge >= 0.3 is 0 Å². The largest absolute Gasteiger partial charge is 0.356 e. The molecule has 0 aliphatic heterocycles. The number of guanidine groups is 1. The third-order valence-electron chi connectivity index (χ3n) is 4.14. The van der Waals surface area contributed by atoms with Gasteiger partial charge in [0, 0.05) is 39.6 Å². The zero-order valence-corrected chi connectivity index (χ0v) is 16.3. The molecule has 0 spiro atoms. The highest BCUT2D eigenvalue weighted by Gasteiger charge is 2.09. The van der Waals surface area contributed by atoms with Crippen LogP contribution in [0.2, 0.25) is 0 Å². The SMILES string of the molecule is CN=C(NCCC1=CCCCC1)N(C)Cc1cccn1C.I. The molecule has 1 N–H and O–H groups in total. The topological polar surface area (TPSA) is 32.6 Å². The van der Waals surface area contributed by atoms with Crippen LogP contribution in [0.25, 0.3) is 0 Å². The fourth-order valence-electron chi connectivity index (χ4n) is 2.83. The summed E-state index contributed by atoms with van der Waals surface area (Å²) < 4.78 is 2.15. The Kier molecular flexibility index (Phi) is 8.60. The van der Waals surface area contributed by atoms with E-state index in [1.807, 2.05) is 7.05 Å². The Hall–Kier alpha value is -0.980. The van der Waals surface area contributed by atoms with Gasteiger partial charge < -0.3 is 14.8 Å². The van der Waals surface area contributed by atoms with Gasteiger partial charge in [0.1, 0.15) is 0 Å². The Labute approximate surface area is 151 Å². The van der Waals surface area contributed by atoms with Crippen LogP contribution in [0.3, 0.4) is 0 Å². The first-order valence-electron chi connectivity index (χ1n) is 7.90. The lowest BCUT2D eigenvalue weighted by atomic mass is 9.97. The Morgan fingerprint density at radius 3 is 2.82 bits per heavy atom. The number of rotatable bonds is 5. The fraction of sp³-hybridized carbons (Fsp3) is 0.588. The second-order valence-corrected chi connectivity index (χ2v) is 5.80. The van der Waals surface area contributed by atoms with Gasteiger partial charge in [-0.1, -0.05) is 11.6 Å². The molecule has 0 saturated heterocycles. The molecule has 4 nitrogen and oxygen atoms in total. The monoisotopic (exact) mass is 416 g/mol. The molecular formula is C17H29IN4. The summed E-state index contributed by atoms with van der Waals surface area (Å²) in [5.41, 5.74) is 2.89. The summed E-state index contributed by atoms with van der Waals surface area (Å²) in [6, 6.07) is 4.23. The summed E-state index contributed by atoms with van der Waals surface area (Å²) in [5, 5.41) is 3.47. The van der Waals surface area contributed by atoms with Crippen LogP contribution < -0.4 is 5.32 Å². The third kappa shape index (κ3) is 5.66. The average molecular weight is 416 g/mol. The van der Waals surface area contributed by atoms with Crippen LogP contribution >= 0.6 is 24.0 Å². The molecule has 0 radical (unpaired) electrons. The second kappa shape index (κ2) is 9.92. The van der Waals surface area contributed by atoms with Gasteiger partial charge in [0.2, 0.25) is 0 Å². The normalized spacial score (nSPS) is 15.0. The molecule has 1 aliphatic carbocycles. The highest BCUT2D eigenvalue weighted by Crippen LogP contribution is 2.19. The van der Waals surface area contributed by atoms with Crippen molar-refractivity contribution in [2.45, 2.75) is 38.6 Å². The van der Waals surface area contributed by atoms with Crippen LogP contribution in [-0.4, -0.2) is 36.1 Å². The predicted octanol–water partition coefficient (Wildman–Crippen LogP) is 3.54. The first-order chi connectivity index (χ1) is 10.2. The molecule has 22 heavy (non-hydrogen) atoms. The van der Waals surface area contributed by atoms with E-state index >= 15 is 0 Å². The molecule has 0 bridgehead atoms. The summed E-state index contributed by atoms with van der Waals surface area (Å²) in [6.45, 7) is 1.84. The number of nitrogens with zero attached hydrogens (tertiary/aromatic N) is 3. The van der Waals surface area contributed by atoms with Crippen LogP contribution in [-0.2, 0) is 13.6 Å². The highest BCUT2D eigenvalue weighted by molar-refractivity contribution is 14.0. The predicted molar refractivity (Wildman–Crippen MR) is 105 cm³/mol. The van der Waals surface area contributed by atoms with Crippen LogP contribution in [0.4, 0.5) is 0 Å². The number of hydrogen-bond donors (Lipinski definition) is 1. The molecule has 1 heterocycles. The van der Waals surface area contributed by atoms with Gasteiger partial charge in [-0.05, 0) is 44.2 Å². The van der Waals surface area contributed by atoms with Crippen molar-refractivity contribution in [2.24, 2.45) is 12.0 Å². The van der Waals surface area contributed by atoms with Crippen LogP contribution in [0.15, 0.2) is 35.0 Å². The van der Waals surface area contributed by atoms with E-state index < -0.39 is 0 Å². The van der Waals surface area contributed by atoms with E-state index in [-0.39, 0.29) is 24.0 Å². The summed E-state index contributed by atoms with van der Waals surface area (Å²) >= 11 is 0. The van der Waals surface area contributed by atoms with Gasteiger partial charge in [0.15, 0.2) is 5.96 Å². The maximum absolute atomic E-state index is 4.38. The van der Waals surface area contributed by atoms with E-state index in [1.165, 1.54) is 31.4 Å². The van der Waals surface area contributed by atoms with Crippen molar-refractivity contribution in [3.05, 3.63) is 35.7 Å². The Balaban J connectivity index is 0.00000242. The number of halogens is 1. The quantitative estimate of drug-likeness (QED) is 0.345. The van der Waals surface area contributed by atoms with Crippen molar-refractivity contribution < 1.29 is 0 Å². The van der Waals surface area contributed by atoms with Crippen LogP contribution in [0, 0.1) is 0 Å². The molecule has 1 aliphatic rings. The van der Waals surface area contributed by atoms with Gasteiger partial charge in [-0.25, -0.2) is 0 Å². The first-order valence-corrected chi connectivity index (χ1v) is 7.90. The van der Waals surface area contributed by atoms with E-state index in [4.69, 9.17) is 0 Å². The maximum Gasteiger partial charge on any atom is 0.193 e. The van der Waals surface area contributed by atoms with E-state index in [2.05, 4.69) is 58.3 Å². The van der Waals surface area contributed by atoms with Gasteiger partial charge in [0.05, 0.1) is 6.54 Å². The van der Waals surface area contributed by atoms with Gasteiger partial charge in [-0.3, -0.25) is 4.99 Å². The highest BCUT2D eigenvalue weighted by atomic mass is 127. The summed E-state index contributed by atoms with van der Waals surface area (Å²) in [6.07, 6.45) is 10.9. The molecule has 0 aromatic carbocycles. The molecule has 0 fully saturated rings. The lowest BCUT2D eigenvalue weighted by molar-refractivity contribution is 0.462. The molecule has 5 heteroatoms. The minimum Gasteiger partial charge on any atom is -0.356 e. The molecule has 1 aromatic heterocycles. The van der Waals surface area contributed by atoms with E-state index in [9.17, 15) is 0 Å². The number of aryl methyl sites for hydroxylation is 1. The maximum atomic E-state index is 4.38. The third-order valence-corrected chi connectivity index (χ3v) is 4.14. The average Bonchev–Trinajstić information content (AvgIpc) is 2.90. The van der Waals surface area contributed by atoms with Crippen molar-refractivity contribution in [2.75, 3.05) is 20.6 Å². The molecular weight excluding hydrogens is 387 g/mol. The molecule has 0 amide bonds. The smallest absolute Gasteiger partial charge is 0.193 e. The number of allylic oxidation sites excluding steroid dienone is 1. The minimum atomic E-state index is 0. The van der Waals surface area contributed by atoms with E-state index in [0.29, 0.717) is 0 Å². The van der Waals surface area contributed by atoms with Crippen molar-refractivity contribution in [1.29, 1.82) is 0 Å². The zero-order chi connectivity index (χ0) is 15.1. The first kappa shape index (κ1) is 19.1.